The molecule has 2 aromatic carbocycles. The molecule has 206 valence electrons. The second-order valence-electron chi connectivity index (χ2n) is 11.6. The molecule has 0 spiro atoms. The number of anilines is 1. The lowest BCUT2D eigenvalue weighted by Gasteiger charge is -2.30. The predicted octanol–water partition coefficient (Wildman–Crippen LogP) is 8.77. The van der Waals surface area contributed by atoms with Crippen molar-refractivity contribution in [1.82, 2.24) is 9.47 Å². The SMILES string of the molecule is C=C(O)c1ccc2c(C(CCC)CCC)c3n(c2c1)CCN(CCC(CCC)N(C)C)c1cc(C)ccc1-3. The molecule has 1 N–H and O–H groups in total. The Labute approximate surface area is 231 Å². The first kappa shape index (κ1) is 28.3. The molecule has 1 aliphatic rings. The molecule has 0 radical (unpaired) electrons. The topological polar surface area (TPSA) is 31.6 Å². The first-order valence-electron chi connectivity index (χ1n) is 14.9. The number of benzene rings is 2. The quantitative estimate of drug-likeness (QED) is 0.245. The van der Waals surface area contributed by atoms with Crippen LogP contribution in [0.25, 0.3) is 27.9 Å². The highest BCUT2D eigenvalue weighted by Gasteiger charge is 2.29. The Hall–Kier alpha value is -2.72. The summed E-state index contributed by atoms with van der Waals surface area (Å²) in [7, 11) is 4.44. The molecule has 0 bridgehead atoms. The van der Waals surface area contributed by atoms with Crippen LogP contribution in [0.15, 0.2) is 43.0 Å². The molecule has 38 heavy (non-hydrogen) atoms. The molecule has 1 atom stereocenters. The average molecular weight is 516 g/mol. The molecule has 3 aromatic rings. The van der Waals surface area contributed by atoms with Gasteiger partial charge in [-0.05, 0) is 75.9 Å². The van der Waals surface area contributed by atoms with E-state index in [4.69, 9.17) is 0 Å². The number of hydrogen-bond acceptors (Lipinski definition) is 3. The van der Waals surface area contributed by atoms with Crippen LogP contribution < -0.4 is 4.90 Å². The summed E-state index contributed by atoms with van der Waals surface area (Å²) in [5, 5.41) is 11.6. The van der Waals surface area contributed by atoms with E-state index < -0.39 is 0 Å². The Morgan fingerprint density at radius 2 is 1.66 bits per heavy atom. The van der Waals surface area contributed by atoms with E-state index in [0.29, 0.717) is 12.0 Å². The molecule has 1 unspecified atom stereocenters. The molecule has 0 amide bonds. The summed E-state index contributed by atoms with van der Waals surface area (Å²) in [6.45, 7) is 15.9. The third-order valence-electron chi connectivity index (χ3n) is 8.55. The number of nitrogens with zero attached hydrogens (tertiary/aromatic N) is 3. The summed E-state index contributed by atoms with van der Waals surface area (Å²) in [5.41, 5.74) is 8.98. The van der Waals surface area contributed by atoms with Gasteiger partial charge in [0.15, 0.2) is 0 Å². The number of hydrogen-bond donors (Lipinski definition) is 1. The summed E-state index contributed by atoms with van der Waals surface area (Å²) in [5.74, 6) is 0.662. The second kappa shape index (κ2) is 12.4. The lowest BCUT2D eigenvalue weighted by molar-refractivity contribution is 0.263. The molecule has 0 fully saturated rings. The van der Waals surface area contributed by atoms with Gasteiger partial charge in [-0.2, -0.15) is 0 Å². The van der Waals surface area contributed by atoms with Crippen LogP contribution in [0.3, 0.4) is 0 Å². The van der Waals surface area contributed by atoms with Crippen molar-refractivity contribution in [3.63, 3.8) is 0 Å². The molecular weight excluding hydrogens is 466 g/mol. The average Bonchev–Trinajstić information content (AvgIpc) is 3.12. The molecular formula is C34H49N3O. The Bertz CT molecular complexity index is 1250. The normalized spacial score (nSPS) is 14.2. The first-order valence-corrected chi connectivity index (χ1v) is 14.9. The Morgan fingerprint density at radius 1 is 0.947 bits per heavy atom. The van der Waals surface area contributed by atoms with Crippen molar-refractivity contribution in [2.24, 2.45) is 0 Å². The van der Waals surface area contributed by atoms with Crippen molar-refractivity contribution >= 4 is 22.3 Å². The van der Waals surface area contributed by atoms with E-state index in [1.165, 1.54) is 83.9 Å². The van der Waals surface area contributed by atoms with Crippen LogP contribution in [0, 0.1) is 6.92 Å². The first-order chi connectivity index (χ1) is 18.3. The maximum Gasteiger partial charge on any atom is 0.115 e. The monoisotopic (exact) mass is 515 g/mol. The molecule has 1 aromatic heterocycles. The van der Waals surface area contributed by atoms with Crippen molar-refractivity contribution < 1.29 is 5.11 Å². The summed E-state index contributed by atoms with van der Waals surface area (Å²) in [4.78, 5) is 5.04. The number of fused-ring (bicyclic) bond motifs is 5. The fourth-order valence-electron chi connectivity index (χ4n) is 6.60. The highest BCUT2D eigenvalue weighted by Crippen LogP contribution is 2.46. The van der Waals surface area contributed by atoms with E-state index in [2.05, 4.69) is 93.1 Å². The van der Waals surface area contributed by atoms with Crippen LogP contribution in [-0.4, -0.2) is 47.8 Å². The van der Waals surface area contributed by atoms with Gasteiger partial charge in [0.2, 0.25) is 0 Å². The van der Waals surface area contributed by atoms with E-state index in [1.807, 2.05) is 6.07 Å². The van der Waals surface area contributed by atoms with Gasteiger partial charge in [0.1, 0.15) is 5.76 Å². The molecule has 2 heterocycles. The number of aromatic nitrogens is 1. The molecule has 4 heteroatoms. The molecule has 4 nitrogen and oxygen atoms in total. The van der Waals surface area contributed by atoms with Crippen molar-refractivity contribution in [2.75, 3.05) is 32.1 Å². The van der Waals surface area contributed by atoms with Gasteiger partial charge in [0, 0.05) is 53.4 Å². The minimum absolute atomic E-state index is 0.139. The highest BCUT2D eigenvalue weighted by atomic mass is 16.3. The van der Waals surface area contributed by atoms with Gasteiger partial charge in [0.25, 0.3) is 0 Å². The molecule has 0 saturated carbocycles. The number of aliphatic hydroxyl groups excluding tert-OH is 1. The van der Waals surface area contributed by atoms with E-state index in [0.717, 1.165) is 25.2 Å². The van der Waals surface area contributed by atoms with Crippen molar-refractivity contribution in [3.8, 4) is 11.3 Å². The van der Waals surface area contributed by atoms with Crippen LogP contribution in [0.1, 0.15) is 88.3 Å². The van der Waals surface area contributed by atoms with Crippen LogP contribution >= 0.6 is 0 Å². The lowest BCUT2D eigenvalue weighted by atomic mass is 9.86. The van der Waals surface area contributed by atoms with Crippen LogP contribution in [-0.2, 0) is 6.54 Å². The van der Waals surface area contributed by atoms with Crippen LogP contribution in [0.2, 0.25) is 0 Å². The van der Waals surface area contributed by atoms with Gasteiger partial charge in [-0.3, -0.25) is 0 Å². The summed E-state index contributed by atoms with van der Waals surface area (Å²) in [6, 6.07) is 14.1. The van der Waals surface area contributed by atoms with Gasteiger partial charge in [-0.1, -0.05) is 70.9 Å². The fraction of sp³-hybridized carbons (Fsp3) is 0.529. The Morgan fingerprint density at radius 3 is 2.29 bits per heavy atom. The van der Waals surface area contributed by atoms with Gasteiger partial charge in [-0.15, -0.1) is 0 Å². The zero-order valence-corrected chi connectivity index (χ0v) is 24.7. The number of aliphatic hydroxyl groups is 1. The molecule has 0 saturated heterocycles. The van der Waals surface area contributed by atoms with E-state index in [9.17, 15) is 5.11 Å². The smallest absolute Gasteiger partial charge is 0.115 e. The van der Waals surface area contributed by atoms with E-state index >= 15 is 0 Å². The van der Waals surface area contributed by atoms with Crippen LogP contribution in [0.5, 0.6) is 0 Å². The molecule has 0 aliphatic carbocycles. The molecule has 4 rings (SSSR count). The summed E-state index contributed by atoms with van der Waals surface area (Å²) < 4.78 is 2.55. The minimum Gasteiger partial charge on any atom is -0.508 e. The lowest BCUT2D eigenvalue weighted by Crippen LogP contribution is -2.34. The van der Waals surface area contributed by atoms with Gasteiger partial charge in [-0.25, -0.2) is 0 Å². The highest BCUT2D eigenvalue weighted by molar-refractivity contribution is 5.96. The standard InChI is InChI=1S/C34H49N3O/c1-8-11-26(12-9-2)33-29-17-15-27(25(5)38)23-32(29)37-21-20-36(19-18-28(13-10-3)35(6)7)31-22-24(4)14-16-30(31)34(33)37/h14-17,22-23,26,28,38H,5,8-13,18-21H2,1-4,6-7H3. The predicted molar refractivity (Wildman–Crippen MR) is 166 cm³/mol. The largest absolute Gasteiger partial charge is 0.508 e. The van der Waals surface area contributed by atoms with Gasteiger partial charge in [0.05, 0.1) is 5.69 Å². The molecule has 1 aliphatic heterocycles. The van der Waals surface area contributed by atoms with Gasteiger partial charge < -0.3 is 19.5 Å². The van der Waals surface area contributed by atoms with Crippen molar-refractivity contribution in [2.45, 2.75) is 91.1 Å². The number of rotatable bonds is 12. The third-order valence-corrected chi connectivity index (χ3v) is 8.55. The van der Waals surface area contributed by atoms with Gasteiger partial charge >= 0.3 is 0 Å². The fourth-order valence-corrected chi connectivity index (χ4v) is 6.60. The Balaban J connectivity index is 1.90. The maximum atomic E-state index is 10.3. The number of aryl methyl sites for hydroxylation is 1. The van der Waals surface area contributed by atoms with Crippen LogP contribution in [0.4, 0.5) is 5.69 Å². The van der Waals surface area contributed by atoms with Crippen molar-refractivity contribution in [3.05, 3.63) is 59.7 Å². The third kappa shape index (κ3) is 5.66. The zero-order valence-electron chi connectivity index (χ0n) is 24.7. The van der Waals surface area contributed by atoms with E-state index in [-0.39, 0.29) is 5.76 Å². The maximum absolute atomic E-state index is 10.3. The van der Waals surface area contributed by atoms with E-state index in [1.54, 1.807) is 0 Å². The minimum atomic E-state index is 0.139. The summed E-state index contributed by atoms with van der Waals surface area (Å²) in [6.07, 6.45) is 8.37. The zero-order chi connectivity index (χ0) is 27.4. The Kier molecular flexibility index (Phi) is 9.25. The second-order valence-corrected chi connectivity index (χ2v) is 11.6. The van der Waals surface area contributed by atoms with Crippen molar-refractivity contribution in [1.29, 1.82) is 0 Å². The summed E-state index contributed by atoms with van der Waals surface area (Å²) >= 11 is 0.